The largest absolute Gasteiger partial charge is 0.274 e. The van der Waals surface area contributed by atoms with Gasteiger partial charge in [-0.3, -0.25) is 9.59 Å². The molecular weight excluding hydrogens is 376 g/mol. The fourth-order valence-electron chi connectivity index (χ4n) is 2.70. The Morgan fingerprint density at radius 2 is 1.78 bits per heavy atom. The quantitative estimate of drug-likeness (QED) is 0.640. The molecule has 1 atom stereocenters. The minimum Gasteiger partial charge on any atom is -0.274 e. The monoisotopic (exact) mass is 387 g/mol. The highest BCUT2D eigenvalue weighted by atomic mass is 32.2. The summed E-state index contributed by atoms with van der Waals surface area (Å²) in [7, 11) is 0. The van der Waals surface area contributed by atoms with Crippen molar-refractivity contribution in [2.24, 2.45) is 0 Å². The molecule has 2 aromatic carbocycles. The van der Waals surface area contributed by atoms with Gasteiger partial charge in [0.1, 0.15) is 5.25 Å². The first-order valence-electron chi connectivity index (χ1n) is 7.87. The average molecular weight is 387 g/mol. The first-order valence-corrected chi connectivity index (χ1v) is 8.75. The maximum absolute atomic E-state index is 13.5. The summed E-state index contributed by atoms with van der Waals surface area (Å²) in [6.45, 7) is 0. The van der Waals surface area contributed by atoms with Crippen molar-refractivity contribution in [3.8, 4) is 5.69 Å². The summed E-state index contributed by atoms with van der Waals surface area (Å²) in [5.41, 5.74) is 0.703. The van der Waals surface area contributed by atoms with E-state index in [2.05, 4.69) is 15.5 Å². The lowest BCUT2D eigenvalue weighted by molar-refractivity contribution is -0.121. The zero-order valence-corrected chi connectivity index (χ0v) is 14.4. The molecule has 10 heteroatoms. The van der Waals surface area contributed by atoms with Crippen molar-refractivity contribution >= 4 is 29.3 Å². The van der Waals surface area contributed by atoms with Crippen LogP contribution in [0, 0.1) is 11.6 Å². The topological polar surface area (TPSA) is 81.0 Å². The van der Waals surface area contributed by atoms with Crippen LogP contribution in [0.5, 0.6) is 0 Å². The Kier molecular flexibility index (Phi) is 4.40. The summed E-state index contributed by atoms with van der Waals surface area (Å²) in [4.78, 5) is 25.8. The lowest BCUT2D eigenvalue weighted by Gasteiger charge is -2.15. The number of anilines is 1. The maximum Gasteiger partial charge on any atom is 0.247 e. The van der Waals surface area contributed by atoms with Gasteiger partial charge >= 0.3 is 0 Å². The Labute approximate surface area is 156 Å². The molecule has 3 aromatic rings. The number of hydrogen-bond acceptors (Lipinski definition) is 6. The first kappa shape index (κ1) is 17.3. The molecule has 1 aliphatic rings. The van der Waals surface area contributed by atoms with Crippen LogP contribution in [0.15, 0.2) is 53.7 Å². The van der Waals surface area contributed by atoms with Crippen molar-refractivity contribution < 1.29 is 18.4 Å². The lowest BCUT2D eigenvalue weighted by Crippen LogP contribution is -2.31. The summed E-state index contributed by atoms with van der Waals surface area (Å²) in [5.74, 6) is -3.20. The van der Waals surface area contributed by atoms with E-state index >= 15 is 0 Å². The molecule has 27 heavy (non-hydrogen) atoms. The van der Waals surface area contributed by atoms with E-state index in [1.54, 1.807) is 12.1 Å². The van der Waals surface area contributed by atoms with E-state index in [0.717, 1.165) is 28.8 Å². The number of carbonyl (C=O) groups excluding carboxylic acids is 2. The van der Waals surface area contributed by atoms with Crippen LogP contribution in [0.25, 0.3) is 5.69 Å². The highest BCUT2D eigenvalue weighted by molar-refractivity contribution is 8.00. The SMILES string of the molecule is O=C1CC(Sc2nnnn2-c2ccccc2)C(=O)N1c1ccc(F)c(F)c1. The minimum atomic E-state index is -1.13. The van der Waals surface area contributed by atoms with Gasteiger partial charge in [0.15, 0.2) is 11.6 Å². The van der Waals surface area contributed by atoms with Gasteiger partial charge in [-0.2, -0.15) is 4.68 Å². The smallest absolute Gasteiger partial charge is 0.247 e. The molecular formula is C17H11F2N5O2S. The summed E-state index contributed by atoms with van der Waals surface area (Å²) >= 11 is 1.04. The van der Waals surface area contributed by atoms with Crippen LogP contribution in [0.4, 0.5) is 14.5 Å². The molecule has 1 fully saturated rings. The molecule has 1 saturated heterocycles. The van der Waals surface area contributed by atoms with Crippen LogP contribution in [0.2, 0.25) is 0 Å². The van der Waals surface area contributed by atoms with E-state index in [-0.39, 0.29) is 12.1 Å². The normalized spacial score (nSPS) is 17.0. The molecule has 2 heterocycles. The van der Waals surface area contributed by atoms with E-state index < -0.39 is 28.7 Å². The van der Waals surface area contributed by atoms with Gasteiger partial charge in [-0.05, 0) is 34.7 Å². The maximum atomic E-state index is 13.5. The van der Waals surface area contributed by atoms with Crippen molar-refractivity contribution in [1.29, 1.82) is 0 Å². The van der Waals surface area contributed by atoms with Gasteiger partial charge in [0, 0.05) is 12.5 Å². The van der Waals surface area contributed by atoms with Crippen LogP contribution >= 0.6 is 11.8 Å². The molecule has 2 amide bonds. The van der Waals surface area contributed by atoms with Gasteiger partial charge in [-0.1, -0.05) is 30.0 Å². The van der Waals surface area contributed by atoms with Crippen LogP contribution in [0.3, 0.4) is 0 Å². The first-order chi connectivity index (χ1) is 13.0. The third-order valence-corrected chi connectivity index (χ3v) is 5.07. The van der Waals surface area contributed by atoms with Gasteiger partial charge < -0.3 is 0 Å². The zero-order valence-electron chi connectivity index (χ0n) is 13.6. The third-order valence-electron chi connectivity index (χ3n) is 3.96. The molecule has 0 spiro atoms. The molecule has 7 nitrogen and oxygen atoms in total. The van der Waals surface area contributed by atoms with Crippen LogP contribution in [0.1, 0.15) is 6.42 Å². The number of tetrazole rings is 1. The number of halogens is 2. The third kappa shape index (κ3) is 3.19. The number of benzene rings is 2. The lowest BCUT2D eigenvalue weighted by atomic mass is 10.3. The van der Waals surface area contributed by atoms with Gasteiger partial charge in [0.25, 0.3) is 0 Å². The standard InChI is InChI=1S/C17H11F2N5O2S/c18-12-7-6-11(8-13(12)19)23-15(25)9-14(16(23)26)27-17-20-21-22-24(17)10-4-2-1-3-5-10/h1-8,14H,9H2. The zero-order chi connectivity index (χ0) is 19.0. The Balaban J connectivity index is 1.59. The molecule has 0 aliphatic carbocycles. The number of imide groups is 1. The minimum absolute atomic E-state index is 0.00495. The second-order valence-electron chi connectivity index (χ2n) is 5.69. The van der Waals surface area contributed by atoms with E-state index in [4.69, 9.17) is 0 Å². The van der Waals surface area contributed by atoms with Crippen LogP contribution in [-0.2, 0) is 9.59 Å². The van der Waals surface area contributed by atoms with Gasteiger partial charge in [0.2, 0.25) is 17.0 Å². The molecule has 0 radical (unpaired) electrons. The number of para-hydroxylation sites is 1. The Hall–Kier alpha value is -3.14. The van der Waals surface area contributed by atoms with E-state index in [1.165, 1.54) is 10.7 Å². The number of thioether (sulfide) groups is 1. The summed E-state index contributed by atoms with van der Waals surface area (Å²) in [5, 5.41) is 11.0. The Morgan fingerprint density at radius 1 is 1.00 bits per heavy atom. The molecule has 1 aromatic heterocycles. The van der Waals surface area contributed by atoms with Gasteiger partial charge in [-0.25, -0.2) is 13.7 Å². The second kappa shape index (κ2) is 6.88. The number of nitrogens with zero attached hydrogens (tertiary/aromatic N) is 5. The van der Waals surface area contributed by atoms with Crippen LogP contribution in [-0.4, -0.2) is 37.3 Å². The molecule has 1 aliphatic heterocycles. The number of amides is 2. The Morgan fingerprint density at radius 3 is 2.52 bits per heavy atom. The molecule has 0 bridgehead atoms. The number of carbonyl (C=O) groups is 2. The highest BCUT2D eigenvalue weighted by Gasteiger charge is 2.41. The summed E-state index contributed by atoms with van der Waals surface area (Å²) < 4.78 is 28.1. The fourth-order valence-corrected chi connectivity index (χ4v) is 3.71. The van der Waals surface area contributed by atoms with Crippen molar-refractivity contribution in [2.45, 2.75) is 16.8 Å². The molecule has 0 saturated carbocycles. The molecule has 0 N–H and O–H groups in total. The number of aromatic nitrogens is 4. The Bertz CT molecular complexity index is 1030. The fraction of sp³-hybridized carbons (Fsp3) is 0.118. The van der Waals surface area contributed by atoms with Gasteiger partial charge in [-0.15, -0.1) is 5.10 Å². The summed E-state index contributed by atoms with van der Waals surface area (Å²) in [6, 6.07) is 12.0. The molecule has 1 unspecified atom stereocenters. The van der Waals surface area contributed by atoms with E-state index in [0.29, 0.717) is 10.8 Å². The average Bonchev–Trinajstić information content (AvgIpc) is 3.23. The predicted octanol–water partition coefficient (Wildman–Crippen LogP) is 2.36. The van der Waals surface area contributed by atoms with Crippen molar-refractivity contribution in [1.82, 2.24) is 20.2 Å². The van der Waals surface area contributed by atoms with E-state index in [1.807, 2.05) is 18.2 Å². The number of hydrogen-bond donors (Lipinski definition) is 0. The van der Waals surface area contributed by atoms with Gasteiger partial charge in [0.05, 0.1) is 11.4 Å². The summed E-state index contributed by atoms with van der Waals surface area (Å²) in [6.07, 6.45) is -0.0931. The van der Waals surface area contributed by atoms with Crippen molar-refractivity contribution in [3.05, 3.63) is 60.2 Å². The predicted molar refractivity (Wildman–Crippen MR) is 92.3 cm³/mol. The highest BCUT2D eigenvalue weighted by Crippen LogP contribution is 2.33. The van der Waals surface area contributed by atoms with Crippen molar-refractivity contribution in [3.63, 3.8) is 0 Å². The second-order valence-corrected chi connectivity index (χ2v) is 6.86. The van der Waals surface area contributed by atoms with E-state index in [9.17, 15) is 18.4 Å². The number of rotatable bonds is 4. The molecule has 4 rings (SSSR count). The van der Waals surface area contributed by atoms with Crippen LogP contribution < -0.4 is 4.90 Å². The van der Waals surface area contributed by atoms with Crippen molar-refractivity contribution in [2.75, 3.05) is 4.90 Å². The molecule has 136 valence electrons.